The molecule has 1 aliphatic heterocycles. The number of aromatic nitrogens is 1. The van der Waals surface area contributed by atoms with E-state index in [0.29, 0.717) is 5.88 Å². The van der Waals surface area contributed by atoms with Crippen molar-refractivity contribution in [2.24, 2.45) is 0 Å². The summed E-state index contributed by atoms with van der Waals surface area (Å²) in [5.74, 6) is -0.686. The van der Waals surface area contributed by atoms with Crippen LogP contribution in [0.25, 0.3) is 0 Å². The highest BCUT2D eigenvalue weighted by Crippen LogP contribution is 2.18. The molecule has 3 N–H and O–H groups in total. The lowest BCUT2D eigenvalue weighted by molar-refractivity contribution is -0.141. The molecule has 1 fully saturated rings. The maximum Gasteiger partial charge on any atom is 0.326 e. The molecule has 1 saturated heterocycles. The number of nitrogens with one attached hydrogen (secondary N) is 1. The Bertz CT molecular complexity index is 536. The highest BCUT2D eigenvalue weighted by Gasteiger charge is 2.38. The van der Waals surface area contributed by atoms with Crippen LogP contribution in [0.3, 0.4) is 0 Å². The van der Waals surface area contributed by atoms with E-state index in [4.69, 9.17) is 9.84 Å². The molecule has 2 amide bonds. The molecule has 1 aliphatic rings. The quantitative estimate of drug-likeness (QED) is 0.710. The van der Waals surface area contributed by atoms with Gasteiger partial charge in [-0.15, -0.1) is 0 Å². The first-order valence-corrected chi connectivity index (χ1v) is 6.45. The van der Waals surface area contributed by atoms with Crippen LogP contribution in [-0.4, -0.2) is 57.9 Å². The molecule has 0 spiro atoms. The van der Waals surface area contributed by atoms with Gasteiger partial charge in [-0.25, -0.2) is 14.6 Å². The number of rotatable bonds is 4. The van der Waals surface area contributed by atoms with E-state index >= 15 is 0 Å². The molecule has 0 aromatic carbocycles. The zero-order chi connectivity index (χ0) is 15.4. The van der Waals surface area contributed by atoms with Crippen LogP contribution in [-0.2, 0) is 11.3 Å². The number of carboxylic acid groups (broad SMARTS) is 1. The van der Waals surface area contributed by atoms with E-state index in [0.717, 1.165) is 10.5 Å². The van der Waals surface area contributed by atoms with Gasteiger partial charge in [0.05, 0.1) is 13.2 Å². The van der Waals surface area contributed by atoms with Gasteiger partial charge in [-0.05, 0) is 11.6 Å². The Morgan fingerprint density at radius 3 is 3.00 bits per heavy atom. The number of aliphatic hydroxyl groups excluding tert-OH is 1. The molecule has 0 radical (unpaired) electrons. The average molecular weight is 295 g/mol. The van der Waals surface area contributed by atoms with Crippen molar-refractivity contribution in [3.63, 3.8) is 0 Å². The standard InChI is InChI=1S/C13H17N3O5/c1-21-11-4-8(2-3-14-11)6-15-13(20)16-7-9(17)5-10(16)12(18)19/h2-4,9-10,17H,5-7H2,1H3,(H,15,20)(H,18,19)/t9?,10-/m0/s1. The number of methoxy groups -OCH3 is 1. The van der Waals surface area contributed by atoms with Crippen molar-refractivity contribution in [1.29, 1.82) is 0 Å². The zero-order valence-corrected chi connectivity index (χ0v) is 11.5. The van der Waals surface area contributed by atoms with Crippen LogP contribution in [0.1, 0.15) is 12.0 Å². The maximum absolute atomic E-state index is 12.0. The van der Waals surface area contributed by atoms with Crippen molar-refractivity contribution in [3.8, 4) is 5.88 Å². The minimum atomic E-state index is -1.12. The van der Waals surface area contributed by atoms with Crippen LogP contribution < -0.4 is 10.1 Å². The van der Waals surface area contributed by atoms with Gasteiger partial charge in [-0.1, -0.05) is 0 Å². The predicted molar refractivity (Wildman–Crippen MR) is 71.8 cm³/mol. The van der Waals surface area contributed by atoms with Gasteiger partial charge in [0.2, 0.25) is 5.88 Å². The largest absolute Gasteiger partial charge is 0.481 e. The molecule has 1 unspecified atom stereocenters. The van der Waals surface area contributed by atoms with Crippen molar-refractivity contribution in [3.05, 3.63) is 23.9 Å². The first-order chi connectivity index (χ1) is 10.0. The van der Waals surface area contributed by atoms with E-state index in [1.807, 2.05) is 0 Å². The minimum Gasteiger partial charge on any atom is -0.481 e. The number of amides is 2. The number of aliphatic hydroxyl groups is 1. The second kappa shape index (κ2) is 6.40. The zero-order valence-electron chi connectivity index (χ0n) is 11.5. The Morgan fingerprint density at radius 1 is 1.57 bits per heavy atom. The molecule has 8 heteroatoms. The number of ether oxygens (including phenoxy) is 1. The van der Waals surface area contributed by atoms with Gasteiger partial charge in [0.1, 0.15) is 6.04 Å². The number of aliphatic carboxylic acids is 1. The lowest BCUT2D eigenvalue weighted by Crippen LogP contribution is -2.45. The summed E-state index contributed by atoms with van der Waals surface area (Å²) in [7, 11) is 1.49. The highest BCUT2D eigenvalue weighted by molar-refractivity contribution is 5.83. The molecule has 0 saturated carbocycles. The van der Waals surface area contributed by atoms with Gasteiger partial charge in [0.15, 0.2) is 0 Å². The third-order valence-electron chi connectivity index (χ3n) is 3.28. The summed E-state index contributed by atoms with van der Waals surface area (Å²) in [5, 5.41) is 21.2. The summed E-state index contributed by atoms with van der Waals surface area (Å²) in [5.41, 5.74) is 0.779. The number of urea groups is 1. The third kappa shape index (κ3) is 3.60. The molecule has 114 valence electrons. The summed E-state index contributed by atoms with van der Waals surface area (Å²) >= 11 is 0. The Labute approximate surface area is 121 Å². The molecular formula is C13H17N3O5. The molecule has 1 aromatic heterocycles. The topological polar surface area (TPSA) is 112 Å². The summed E-state index contributed by atoms with van der Waals surface area (Å²) in [6.45, 7) is 0.235. The number of carbonyl (C=O) groups excluding carboxylic acids is 1. The van der Waals surface area contributed by atoms with Gasteiger partial charge < -0.3 is 25.2 Å². The number of carboxylic acids is 1. The summed E-state index contributed by atoms with van der Waals surface area (Å²) < 4.78 is 4.98. The fourth-order valence-corrected chi connectivity index (χ4v) is 2.22. The SMILES string of the molecule is COc1cc(CNC(=O)N2CC(O)C[C@H]2C(=O)O)ccn1. The van der Waals surface area contributed by atoms with E-state index in [-0.39, 0.29) is 19.5 Å². The van der Waals surface area contributed by atoms with Crippen LogP contribution in [0.5, 0.6) is 5.88 Å². The van der Waals surface area contributed by atoms with Crippen molar-refractivity contribution in [2.45, 2.75) is 25.1 Å². The van der Waals surface area contributed by atoms with Gasteiger partial charge in [0.25, 0.3) is 0 Å². The summed E-state index contributed by atoms with van der Waals surface area (Å²) in [6.07, 6.45) is 0.795. The molecule has 2 atom stereocenters. The lowest BCUT2D eigenvalue weighted by atomic mass is 10.2. The average Bonchev–Trinajstić information content (AvgIpc) is 2.87. The van der Waals surface area contributed by atoms with Crippen molar-refractivity contribution in [1.82, 2.24) is 15.2 Å². The number of hydrogen-bond donors (Lipinski definition) is 3. The first-order valence-electron chi connectivity index (χ1n) is 6.45. The van der Waals surface area contributed by atoms with Crippen molar-refractivity contribution >= 4 is 12.0 Å². The molecule has 0 aliphatic carbocycles. The number of β-amino-alcohol motifs (C(OH)–C–C–N with tert-alkyl or cyclic N) is 1. The van der Waals surface area contributed by atoms with Crippen LogP contribution in [0.15, 0.2) is 18.3 Å². The molecule has 0 bridgehead atoms. The number of pyridine rings is 1. The molecule has 8 nitrogen and oxygen atoms in total. The van der Waals surface area contributed by atoms with E-state index in [2.05, 4.69) is 10.3 Å². The fraction of sp³-hybridized carbons (Fsp3) is 0.462. The monoisotopic (exact) mass is 295 g/mol. The van der Waals surface area contributed by atoms with Crippen LogP contribution >= 0.6 is 0 Å². The molecule has 21 heavy (non-hydrogen) atoms. The van der Waals surface area contributed by atoms with Gasteiger partial charge in [-0.2, -0.15) is 0 Å². The second-order valence-corrected chi connectivity index (χ2v) is 4.76. The Balaban J connectivity index is 1.96. The van der Waals surface area contributed by atoms with E-state index in [1.165, 1.54) is 7.11 Å². The lowest BCUT2D eigenvalue weighted by Gasteiger charge is -2.21. The predicted octanol–water partition coefficient (Wildman–Crippen LogP) is -0.180. The number of nitrogens with zero attached hydrogens (tertiary/aromatic N) is 2. The Morgan fingerprint density at radius 2 is 2.33 bits per heavy atom. The normalized spacial score (nSPS) is 21.1. The van der Waals surface area contributed by atoms with Crippen LogP contribution in [0.2, 0.25) is 0 Å². The second-order valence-electron chi connectivity index (χ2n) is 4.76. The molecular weight excluding hydrogens is 278 g/mol. The van der Waals surface area contributed by atoms with Crippen LogP contribution in [0, 0.1) is 0 Å². The Hall–Kier alpha value is -2.35. The van der Waals surface area contributed by atoms with Crippen molar-refractivity contribution in [2.75, 3.05) is 13.7 Å². The van der Waals surface area contributed by atoms with E-state index in [9.17, 15) is 14.7 Å². The molecule has 2 heterocycles. The number of likely N-dealkylation sites (tertiary alicyclic amines) is 1. The third-order valence-corrected chi connectivity index (χ3v) is 3.28. The fourth-order valence-electron chi connectivity index (χ4n) is 2.22. The van der Waals surface area contributed by atoms with Crippen molar-refractivity contribution < 1.29 is 24.5 Å². The van der Waals surface area contributed by atoms with Gasteiger partial charge in [0, 0.05) is 31.8 Å². The molecule has 2 rings (SSSR count). The van der Waals surface area contributed by atoms with Gasteiger partial charge >= 0.3 is 12.0 Å². The van der Waals surface area contributed by atoms with E-state index in [1.54, 1.807) is 18.3 Å². The van der Waals surface area contributed by atoms with Gasteiger partial charge in [-0.3, -0.25) is 0 Å². The summed E-state index contributed by atoms with van der Waals surface area (Å²) in [4.78, 5) is 28.2. The van der Waals surface area contributed by atoms with Crippen LogP contribution in [0.4, 0.5) is 4.79 Å². The highest BCUT2D eigenvalue weighted by atomic mass is 16.5. The molecule has 1 aromatic rings. The number of hydrogen-bond acceptors (Lipinski definition) is 5. The minimum absolute atomic E-state index is 0.0163. The van der Waals surface area contributed by atoms with E-state index < -0.39 is 24.1 Å². The smallest absolute Gasteiger partial charge is 0.326 e. The number of carbonyl (C=O) groups is 2. The summed E-state index contributed by atoms with van der Waals surface area (Å²) in [6, 6.07) is 1.88. The maximum atomic E-state index is 12.0. The Kier molecular flexibility index (Phi) is 4.59. The first kappa shape index (κ1) is 15.0.